The van der Waals surface area contributed by atoms with Gasteiger partial charge in [-0.1, -0.05) is 54.6 Å². The molecule has 0 aliphatic carbocycles. The normalized spacial score (nSPS) is 10.7. The first-order valence-corrected chi connectivity index (χ1v) is 8.03. The Kier molecular flexibility index (Phi) is 4.75. The Balaban J connectivity index is 1.80. The van der Waals surface area contributed by atoms with Gasteiger partial charge in [0.15, 0.2) is 0 Å². The van der Waals surface area contributed by atoms with E-state index in [-0.39, 0.29) is 0 Å². The van der Waals surface area contributed by atoms with E-state index in [1.807, 2.05) is 61.5 Å². The van der Waals surface area contributed by atoms with Crippen molar-refractivity contribution in [2.75, 3.05) is 0 Å². The van der Waals surface area contributed by atoms with Gasteiger partial charge < -0.3 is 9.13 Å². The highest BCUT2D eigenvalue weighted by molar-refractivity contribution is 5.25. The highest BCUT2D eigenvalue weighted by Crippen LogP contribution is 2.07. The van der Waals surface area contributed by atoms with Gasteiger partial charge in [-0.05, 0) is 30.0 Å². The first kappa shape index (κ1) is 16.0. The molecular formula is C20H20N2O2. The summed E-state index contributed by atoms with van der Waals surface area (Å²) < 4.78 is 2.97. The number of aryl methyl sites for hydroxylation is 3. The van der Waals surface area contributed by atoms with E-state index in [0.717, 1.165) is 23.1 Å². The predicted molar refractivity (Wildman–Crippen MR) is 95.4 cm³/mol. The molecular weight excluding hydrogens is 300 g/mol. The van der Waals surface area contributed by atoms with Gasteiger partial charge in [0.25, 0.3) is 0 Å². The maximum atomic E-state index is 12.3. The summed E-state index contributed by atoms with van der Waals surface area (Å²) in [6.07, 6.45) is 4.12. The van der Waals surface area contributed by atoms with E-state index in [1.54, 1.807) is 12.4 Å². The van der Waals surface area contributed by atoms with E-state index in [4.69, 9.17) is 0 Å². The second-order valence-electron chi connectivity index (χ2n) is 5.89. The summed E-state index contributed by atoms with van der Waals surface area (Å²) in [5, 5.41) is 0. The number of hydrogen-bond donors (Lipinski definition) is 0. The summed E-state index contributed by atoms with van der Waals surface area (Å²) in [6.45, 7) is 2.92. The van der Waals surface area contributed by atoms with Gasteiger partial charge in [0.05, 0.1) is 6.54 Å². The van der Waals surface area contributed by atoms with Crippen LogP contribution in [0.15, 0.2) is 76.6 Å². The first-order chi connectivity index (χ1) is 11.6. The van der Waals surface area contributed by atoms with Crippen molar-refractivity contribution in [1.29, 1.82) is 0 Å². The average molecular weight is 320 g/mol. The van der Waals surface area contributed by atoms with Gasteiger partial charge >= 0.3 is 11.1 Å². The summed E-state index contributed by atoms with van der Waals surface area (Å²) >= 11 is 0. The van der Waals surface area contributed by atoms with Crippen LogP contribution in [0.1, 0.15) is 16.7 Å². The van der Waals surface area contributed by atoms with E-state index in [9.17, 15) is 9.59 Å². The van der Waals surface area contributed by atoms with Crippen molar-refractivity contribution < 1.29 is 0 Å². The molecule has 0 aliphatic heterocycles. The highest BCUT2D eigenvalue weighted by atomic mass is 16.2. The zero-order valence-electron chi connectivity index (χ0n) is 13.7. The Morgan fingerprint density at radius 1 is 0.792 bits per heavy atom. The first-order valence-electron chi connectivity index (χ1n) is 8.03. The van der Waals surface area contributed by atoms with Crippen molar-refractivity contribution in [3.05, 3.63) is 104 Å². The summed E-state index contributed by atoms with van der Waals surface area (Å²) in [4.78, 5) is 24.7. The Hall–Kier alpha value is -2.88. The molecule has 0 radical (unpaired) electrons. The van der Waals surface area contributed by atoms with E-state index in [2.05, 4.69) is 0 Å². The molecule has 1 aromatic heterocycles. The van der Waals surface area contributed by atoms with Gasteiger partial charge in [-0.2, -0.15) is 0 Å². The molecule has 0 spiro atoms. The second kappa shape index (κ2) is 7.13. The minimum atomic E-state index is -0.478. The molecule has 0 saturated carbocycles. The molecule has 1 heterocycles. The maximum absolute atomic E-state index is 12.3. The molecule has 0 fully saturated rings. The molecule has 0 N–H and O–H groups in total. The van der Waals surface area contributed by atoms with Crippen LogP contribution >= 0.6 is 0 Å². The molecule has 24 heavy (non-hydrogen) atoms. The molecule has 0 atom stereocenters. The quantitative estimate of drug-likeness (QED) is 0.678. The molecule has 0 unspecified atom stereocenters. The Bertz CT molecular complexity index is 940. The number of benzene rings is 2. The standard InChI is InChI=1S/C20H20N2O2/c1-16-7-5-6-10-18(16)15-22-14-13-21(19(23)20(22)24)12-11-17-8-3-2-4-9-17/h2-10,13-14H,11-12,15H2,1H3. The van der Waals surface area contributed by atoms with Crippen LogP contribution in [-0.2, 0) is 19.5 Å². The fourth-order valence-electron chi connectivity index (χ4n) is 2.71. The number of aromatic nitrogens is 2. The Labute approximate surface area is 140 Å². The molecule has 3 rings (SSSR count). The summed E-state index contributed by atoms with van der Waals surface area (Å²) in [5.41, 5.74) is 2.35. The van der Waals surface area contributed by atoms with Crippen molar-refractivity contribution in [3.8, 4) is 0 Å². The van der Waals surface area contributed by atoms with Gasteiger partial charge in [0, 0.05) is 18.9 Å². The molecule has 2 aromatic carbocycles. The van der Waals surface area contributed by atoms with Gasteiger partial charge in [0.2, 0.25) is 0 Å². The highest BCUT2D eigenvalue weighted by Gasteiger charge is 2.07. The molecule has 0 amide bonds. The third-order valence-corrected chi connectivity index (χ3v) is 4.22. The Morgan fingerprint density at radius 3 is 2.17 bits per heavy atom. The van der Waals surface area contributed by atoms with Crippen LogP contribution in [0, 0.1) is 6.92 Å². The molecule has 3 aromatic rings. The number of hydrogen-bond acceptors (Lipinski definition) is 2. The topological polar surface area (TPSA) is 44.0 Å². The van der Waals surface area contributed by atoms with Gasteiger partial charge in [-0.15, -0.1) is 0 Å². The molecule has 4 heteroatoms. The van der Waals surface area contributed by atoms with Crippen LogP contribution in [0.3, 0.4) is 0 Å². The van der Waals surface area contributed by atoms with Crippen LogP contribution in [0.2, 0.25) is 0 Å². The number of rotatable bonds is 5. The lowest BCUT2D eigenvalue weighted by molar-refractivity contribution is 0.621. The van der Waals surface area contributed by atoms with Crippen LogP contribution < -0.4 is 11.1 Å². The zero-order valence-corrected chi connectivity index (χ0v) is 13.7. The lowest BCUT2D eigenvalue weighted by Gasteiger charge is -2.10. The lowest BCUT2D eigenvalue weighted by atomic mass is 10.1. The minimum absolute atomic E-state index is 0.417. The second-order valence-corrected chi connectivity index (χ2v) is 5.89. The molecule has 122 valence electrons. The molecule has 0 saturated heterocycles. The summed E-state index contributed by atoms with van der Waals surface area (Å²) in [6, 6.07) is 17.8. The SMILES string of the molecule is Cc1ccccc1Cn1ccn(CCc2ccccc2)c(=O)c1=O. The van der Waals surface area contributed by atoms with E-state index in [0.29, 0.717) is 13.1 Å². The van der Waals surface area contributed by atoms with Crippen LogP contribution in [0.5, 0.6) is 0 Å². The van der Waals surface area contributed by atoms with E-state index in [1.165, 1.54) is 9.13 Å². The molecule has 0 bridgehead atoms. The van der Waals surface area contributed by atoms with Crippen LogP contribution in [-0.4, -0.2) is 9.13 Å². The average Bonchev–Trinajstić information content (AvgIpc) is 2.61. The smallest absolute Gasteiger partial charge is 0.309 e. The van der Waals surface area contributed by atoms with E-state index < -0.39 is 11.1 Å². The molecule has 4 nitrogen and oxygen atoms in total. The van der Waals surface area contributed by atoms with Crippen molar-refractivity contribution >= 4 is 0 Å². The number of nitrogens with zero attached hydrogens (tertiary/aromatic N) is 2. The van der Waals surface area contributed by atoms with Crippen LogP contribution in [0.25, 0.3) is 0 Å². The third-order valence-electron chi connectivity index (χ3n) is 4.22. The zero-order chi connectivity index (χ0) is 16.9. The fourth-order valence-corrected chi connectivity index (χ4v) is 2.71. The van der Waals surface area contributed by atoms with E-state index >= 15 is 0 Å². The molecule has 0 aliphatic rings. The van der Waals surface area contributed by atoms with Crippen LogP contribution in [0.4, 0.5) is 0 Å². The maximum Gasteiger partial charge on any atom is 0.316 e. The predicted octanol–water partition coefficient (Wildman–Crippen LogP) is 2.61. The monoisotopic (exact) mass is 320 g/mol. The third kappa shape index (κ3) is 3.54. The van der Waals surface area contributed by atoms with Crippen molar-refractivity contribution in [3.63, 3.8) is 0 Å². The largest absolute Gasteiger partial charge is 0.316 e. The summed E-state index contributed by atoms with van der Waals surface area (Å²) in [7, 11) is 0. The van der Waals surface area contributed by atoms with Crippen molar-refractivity contribution in [1.82, 2.24) is 9.13 Å². The van der Waals surface area contributed by atoms with Crippen molar-refractivity contribution in [2.45, 2.75) is 26.4 Å². The lowest BCUT2D eigenvalue weighted by Crippen LogP contribution is -2.41. The van der Waals surface area contributed by atoms with Gasteiger partial charge in [-0.3, -0.25) is 9.59 Å². The van der Waals surface area contributed by atoms with Crippen molar-refractivity contribution in [2.24, 2.45) is 0 Å². The Morgan fingerprint density at radius 2 is 1.42 bits per heavy atom. The van der Waals surface area contributed by atoms with Gasteiger partial charge in [0.1, 0.15) is 0 Å². The summed E-state index contributed by atoms with van der Waals surface area (Å²) in [5.74, 6) is 0. The fraction of sp³-hybridized carbons (Fsp3) is 0.200. The van der Waals surface area contributed by atoms with Gasteiger partial charge in [-0.25, -0.2) is 0 Å². The minimum Gasteiger partial charge on any atom is -0.309 e.